The van der Waals surface area contributed by atoms with Crippen molar-refractivity contribution < 1.29 is 29.2 Å². The first-order chi connectivity index (χ1) is 14.8. The van der Waals surface area contributed by atoms with Crippen LogP contribution in [0.15, 0.2) is 53.4 Å². The lowest BCUT2D eigenvalue weighted by Gasteiger charge is -2.15. The van der Waals surface area contributed by atoms with Gasteiger partial charge in [-0.05, 0) is 30.4 Å². The van der Waals surface area contributed by atoms with Crippen molar-refractivity contribution in [3.63, 3.8) is 0 Å². The number of benzene rings is 2. The van der Waals surface area contributed by atoms with Crippen LogP contribution in [0, 0.1) is 10.1 Å². The normalized spacial score (nSPS) is 14.6. The Labute approximate surface area is 184 Å². The van der Waals surface area contributed by atoms with Crippen molar-refractivity contribution in [1.82, 2.24) is 10.4 Å². The lowest BCUT2D eigenvalue weighted by atomic mass is 10.2. The lowest BCUT2D eigenvalue weighted by molar-refractivity contribution is -0.384. The van der Waals surface area contributed by atoms with Gasteiger partial charge in [0.05, 0.1) is 9.83 Å². The first-order valence-electron chi connectivity index (χ1n) is 8.53. The second-order valence-electron chi connectivity index (χ2n) is 5.99. The molecule has 2 aromatic rings. The fourth-order valence-electron chi connectivity index (χ4n) is 2.50. The highest BCUT2D eigenvalue weighted by Gasteiger charge is 2.34. The molecule has 12 heteroatoms. The van der Waals surface area contributed by atoms with Gasteiger partial charge >= 0.3 is 5.97 Å². The molecule has 2 N–H and O–H groups in total. The molecule has 0 atom stereocenters. The standard InChI is InChI=1S/C19H13N3O7S2/c23-16(24)10-29-14-7-2-1-4-11(14)9-15-18(26)21(19(30)31-15)20-17(25)12-5-3-6-13(8-12)22(27)28/h1-9H,10H2,(H,20,25)(H,23,24)/b15-9+. The largest absolute Gasteiger partial charge is 0.481 e. The summed E-state index contributed by atoms with van der Waals surface area (Å²) >= 11 is 6.09. The molecule has 1 aliphatic rings. The minimum absolute atomic E-state index is 0.0142. The number of hydrogen-bond donors (Lipinski definition) is 2. The minimum Gasteiger partial charge on any atom is -0.481 e. The topological polar surface area (TPSA) is 139 Å². The van der Waals surface area contributed by atoms with Gasteiger partial charge in [-0.2, -0.15) is 5.01 Å². The Morgan fingerprint density at radius 1 is 1.26 bits per heavy atom. The summed E-state index contributed by atoms with van der Waals surface area (Å²) in [6.45, 7) is -0.551. The Hall–Kier alpha value is -3.77. The molecule has 0 bridgehead atoms. The summed E-state index contributed by atoms with van der Waals surface area (Å²) in [5.41, 5.74) is 2.51. The number of nitrogens with zero attached hydrogens (tertiary/aromatic N) is 2. The molecule has 0 spiro atoms. The highest BCUT2D eigenvalue weighted by molar-refractivity contribution is 8.26. The van der Waals surface area contributed by atoms with Crippen molar-refractivity contribution in [2.45, 2.75) is 0 Å². The number of carboxylic acids is 1. The number of nitro groups is 1. The van der Waals surface area contributed by atoms with Crippen molar-refractivity contribution in [3.05, 3.63) is 74.7 Å². The number of hydrazine groups is 1. The number of nitro benzene ring substituents is 1. The predicted molar refractivity (Wildman–Crippen MR) is 115 cm³/mol. The number of carbonyl (C=O) groups excluding carboxylic acids is 2. The molecule has 0 radical (unpaired) electrons. The van der Waals surface area contributed by atoms with Gasteiger partial charge in [-0.15, -0.1) is 0 Å². The first-order valence-corrected chi connectivity index (χ1v) is 9.76. The summed E-state index contributed by atoms with van der Waals surface area (Å²) in [6.07, 6.45) is 1.47. The van der Waals surface area contributed by atoms with Gasteiger partial charge in [0, 0.05) is 23.3 Å². The van der Waals surface area contributed by atoms with Crippen molar-refractivity contribution in [2.75, 3.05) is 6.61 Å². The molecule has 0 aromatic heterocycles. The zero-order chi connectivity index (χ0) is 22.5. The average Bonchev–Trinajstić information content (AvgIpc) is 3.00. The van der Waals surface area contributed by atoms with Crippen molar-refractivity contribution in [1.29, 1.82) is 0 Å². The Bertz CT molecular complexity index is 1130. The van der Waals surface area contributed by atoms with Gasteiger partial charge in [0.2, 0.25) is 0 Å². The van der Waals surface area contributed by atoms with Gasteiger partial charge in [0.25, 0.3) is 17.5 Å². The molecule has 1 heterocycles. The molecule has 0 aliphatic carbocycles. The number of hydrogen-bond acceptors (Lipinski definition) is 8. The molecule has 31 heavy (non-hydrogen) atoms. The number of carbonyl (C=O) groups is 3. The zero-order valence-corrected chi connectivity index (χ0v) is 17.1. The monoisotopic (exact) mass is 459 g/mol. The van der Waals surface area contributed by atoms with Crippen molar-refractivity contribution in [2.24, 2.45) is 0 Å². The van der Waals surface area contributed by atoms with Gasteiger partial charge in [0.1, 0.15) is 5.75 Å². The molecule has 2 aromatic carbocycles. The molecule has 0 unspecified atom stereocenters. The summed E-state index contributed by atoms with van der Waals surface area (Å²) < 4.78 is 5.27. The second kappa shape index (κ2) is 9.36. The van der Waals surface area contributed by atoms with Crippen LogP contribution >= 0.6 is 24.0 Å². The number of nitrogens with one attached hydrogen (secondary N) is 1. The number of non-ortho nitro benzene ring substituents is 1. The smallest absolute Gasteiger partial charge is 0.341 e. The van der Waals surface area contributed by atoms with Crippen LogP contribution in [0.2, 0.25) is 0 Å². The minimum atomic E-state index is -1.15. The number of ether oxygens (including phenoxy) is 1. The number of rotatable bonds is 7. The predicted octanol–water partition coefficient (Wildman–Crippen LogP) is 2.60. The van der Waals surface area contributed by atoms with Gasteiger partial charge in [-0.3, -0.25) is 25.1 Å². The van der Waals surface area contributed by atoms with Gasteiger partial charge < -0.3 is 9.84 Å². The van der Waals surface area contributed by atoms with E-state index in [1.807, 2.05) is 0 Å². The van der Waals surface area contributed by atoms with Crippen LogP contribution in [0.5, 0.6) is 5.75 Å². The summed E-state index contributed by atoms with van der Waals surface area (Å²) in [6, 6.07) is 11.6. The lowest BCUT2D eigenvalue weighted by Crippen LogP contribution is -2.44. The number of aliphatic carboxylic acids is 1. The highest BCUT2D eigenvalue weighted by Crippen LogP contribution is 2.33. The SMILES string of the molecule is O=C(O)COc1ccccc1/C=C1/SC(=S)N(NC(=O)c2cccc([N+](=O)[O-])c2)C1=O. The molecule has 1 aliphatic heterocycles. The third-order valence-corrected chi connectivity index (χ3v) is 5.19. The summed E-state index contributed by atoms with van der Waals surface area (Å²) in [5, 5.41) is 20.5. The van der Waals surface area contributed by atoms with E-state index in [0.717, 1.165) is 22.8 Å². The fourth-order valence-corrected chi connectivity index (χ4v) is 3.67. The van der Waals surface area contributed by atoms with Crippen LogP contribution in [0.3, 0.4) is 0 Å². The Balaban J connectivity index is 1.79. The number of carboxylic acid groups (broad SMARTS) is 1. The Kier molecular flexibility index (Phi) is 6.62. The third kappa shape index (κ3) is 5.24. The van der Waals surface area contributed by atoms with E-state index in [1.165, 1.54) is 24.3 Å². The van der Waals surface area contributed by atoms with Crippen LogP contribution in [-0.2, 0) is 9.59 Å². The highest BCUT2D eigenvalue weighted by atomic mass is 32.2. The molecule has 2 amide bonds. The van der Waals surface area contributed by atoms with E-state index in [1.54, 1.807) is 24.3 Å². The van der Waals surface area contributed by atoms with Gasteiger partial charge in [0.15, 0.2) is 10.9 Å². The molecule has 1 saturated heterocycles. The van der Waals surface area contributed by atoms with E-state index in [-0.39, 0.29) is 26.2 Å². The van der Waals surface area contributed by atoms with E-state index >= 15 is 0 Å². The average molecular weight is 459 g/mol. The van der Waals surface area contributed by atoms with E-state index < -0.39 is 29.3 Å². The van der Waals surface area contributed by atoms with Gasteiger partial charge in [-0.25, -0.2) is 4.79 Å². The fraction of sp³-hybridized carbons (Fsp3) is 0.0526. The molecule has 3 rings (SSSR count). The van der Waals surface area contributed by atoms with E-state index in [4.69, 9.17) is 22.1 Å². The van der Waals surface area contributed by atoms with Gasteiger partial charge in [-0.1, -0.05) is 36.0 Å². The van der Waals surface area contributed by atoms with Crippen LogP contribution in [0.4, 0.5) is 5.69 Å². The number of para-hydroxylation sites is 1. The number of amides is 2. The Morgan fingerprint density at radius 2 is 2.00 bits per heavy atom. The maximum atomic E-state index is 12.7. The number of thiocarbonyl (C=S) groups is 1. The van der Waals surface area contributed by atoms with E-state index in [9.17, 15) is 24.5 Å². The maximum absolute atomic E-state index is 12.7. The van der Waals surface area contributed by atoms with E-state index in [0.29, 0.717) is 5.56 Å². The summed E-state index contributed by atoms with van der Waals surface area (Å²) in [7, 11) is 0. The first kappa shape index (κ1) is 21.9. The van der Waals surface area contributed by atoms with Crippen LogP contribution in [0.25, 0.3) is 6.08 Å². The second-order valence-corrected chi connectivity index (χ2v) is 7.66. The van der Waals surface area contributed by atoms with Crippen LogP contribution in [-0.4, -0.2) is 43.7 Å². The van der Waals surface area contributed by atoms with Crippen LogP contribution in [0.1, 0.15) is 15.9 Å². The third-order valence-electron chi connectivity index (χ3n) is 3.88. The van der Waals surface area contributed by atoms with Crippen LogP contribution < -0.4 is 10.2 Å². The van der Waals surface area contributed by atoms with Crippen molar-refractivity contribution >= 4 is 57.8 Å². The van der Waals surface area contributed by atoms with Crippen molar-refractivity contribution in [3.8, 4) is 5.75 Å². The summed E-state index contributed by atoms with van der Waals surface area (Å²) in [4.78, 5) is 46.3. The maximum Gasteiger partial charge on any atom is 0.341 e. The number of thioether (sulfide) groups is 1. The molecule has 1 fully saturated rings. The molecular weight excluding hydrogens is 446 g/mol. The molecular formula is C19H13N3O7S2. The summed E-state index contributed by atoms with van der Waals surface area (Å²) in [5.74, 6) is -2.24. The molecule has 158 valence electrons. The quantitative estimate of drug-likeness (QED) is 0.277. The van der Waals surface area contributed by atoms with E-state index in [2.05, 4.69) is 5.43 Å². The zero-order valence-electron chi connectivity index (χ0n) is 15.5. The Morgan fingerprint density at radius 3 is 2.71 bits per heavy atom. The molecule has 0 saturated carbocycles. The molecule has 10 nitrogen and oxygen atoms in total.